The quantitative estimate of drug-likeness (QED) is 0.775. The van der Waals surface area contributed by atoms with Crippen molar-refractivity contribution < 1.29 is 0 Å². The highest BCUT2D eigenvalue weighted by Crippen LogP contribution is 2.08. The molecular formula is C14H23N. The van der Waals surface area contributed by atoms with Crippen molar-refractivity contribution in [1.29, 1.82) is 0 Å². The highest BCUT2D eigenvalue weighted by Gasteiger charge is 2.08. The zero-order chi connectivity index (χ0) is 11.3. The van der Waals surface area contributed by atoms with Gasteiger partial charge in [0.25, 0.3) is 0 Å². The van der Waals surface area contributed by atoms with Gasteiger partial charge in [-0.15, -0.1) is 0 Å². The van der Waals surface area contributed by atoms with Gasteiger partial charge in [-0.05, 0) is 25.3 Å². The van der Waals surface area contributed by atoms with Crippen molar-refractivity contribution in [3.8, 4) is 0 Å². The van der Waals surface area contributed by atoms with Gasteiger partial charge in [0.2, 0.25) is 0 Å². The van der Waals surface area contributed by atoms with Crippen molar-refractivity contribution in [3.05, 3.63) is 35.4 Å². The average molecular weight is 205 g/mol. The molecule has 84 valence electrons. The van der Waals surface area contributed by atoms with Crippen LogP contribution in [0.15, 0.2) is 24.3 Å². The average Bonchev–Trinajstić information content (AvgIpc) is 2.26. The van der Waals surface area contributed by atoms with E-state index in [1.54, 1.807) is 0 Å². The maximum absolute atomic E-state index is 3.57. The number of benzene rings is 1. The lowest BCUT2D eigenvalue weighted by atomic mass is 10.0. The molecule has 0 amide bonds. The van der Waals surface area contributed by atoms with E-state index >= 15 is 0 Å². The largest absolute Gasteiger partial charge is 0.310 e. The van der Waals surface area contributed by atoms with Gasteiger partial charge < -0.3 is 5.32 Å². The molecule has 0 heterocycles. The highest BCUT2D eigenvalue weighted by molar-refractivity contribution is 5.21. The van der Waals surface area contributed by atoms with E-state index in [-0.39, 0.29) is 0 Å². The Morgan fingerprint density at radius 2 is 1.73 bits per heavy atom. The number of rotatable bonds is 5. The summed E-state index contributed by atoms with van der Waals surface area (Å²) in [6, 6.07) is 9.34. The van der Waals surface area contributed by atoms with Crippen LogP contribution in [-0.4, -0.2) is 6.04 Å². The molecule has 1 nitrogen and oxygen atoms in total. The Labute approximate surface area is 93.9 Å². The molecule has 0 unspecified atom stereocenters. The number of hydrogen-bond donors (Lipinski definition) is 1. The summed E-state index contributed by atoms with van der Waals surface area (Å²) in [5.74, 6) is 0.746. The van der Waals surface area contributed by atoms with Crippen LogP contribution < -0.4 is 5.32 Å². The predicted molar refractivity (Wildman–Crippen MR) is 66.9 cm³/mol. The molecule has 1 aromatic rings. The molecule has 0 saturated heterocycles. The third kappa shape index (κ3) is 4.05. The van der Waals surface area contributed by atoms with Crippen LogP contribution >= 0.6 is 0 Å². The smallest absolute Gasteiger partial charge is 0.0208 e. The van der Waals surface area contributed by atoms with E-state index in [9.17, 15) is 0 Å². The molecular weight excluding hydrogens is 182 g/mol. The maximum atomic E-state index is 3.57. The van der Waals surface area contributed by atoms with Gasteiger partial charge in [-0.25, -0.2) is 0 Å². The van der Waals surface area contributed by atoms with Gasteiger partial charge in [-0.3, -0.25) is 0 Å². The van der Waals surface area contributed by atoms with Crippen molar-refractivity contribution in [2.75, 3.05) is 0 Å². The summed E-state index contributed by atoms with van der Waals surface area (Å²) in [6.07, 6.45) is 1.24. The van der Waals surface area contributed by atoms with Gasteiger partial charge in [0.05, 0.1) is 0 Å². The van der Waals surface area contributed by atoms with Gasteiger partial charge in [0.15, 0.2) is 0 Å². The number of aryl methyl sites for hydroxylation is 1. The molecule has 1 heteroatoms. The molecule has 0 aliphatic rings. The number of hydrogen-bond acceptors (Lipinski definition) is 1. The Morgan fingerprint density at radius 1 is 1.13 bits per heavy atom. The van der Waals surface area contributed by atoms with Crippen molar-refractivity contribution in [1.82, 2.24) is 5.32 Å². The summed E-state index contributed by atoms with van der Waals surface area (Å²) in [5.41, 5.74) is 2.70. The Kier molecular flexibility index (Phi) is 4.83. The first kappa shape index (κ1) is 12.3. The molecule has 1 aromatic carbocycles. The molecule has 0 spiro atoms. The standard InChI is InChI=1S/C14H23N/c1-5-12(3)13(4)15-10-14-8-6-11(2)7-9-14/h6-9,12-13,15H,5,10H2,1-4H3/t12-,13+/m1/s1. The molecule has 0 aromatic heterocycles. The van der Waals surface area contributed by atoms with E-state index in [0.29, 0.717) is 6.04 Å². The molecule has 0 saturated carbocycles. The van der Waals surface area contributed by atoms with Gasteiger partial charge >= 0.3 is 0 Å². The minimum absolute atomic E-state index is 0.594. The zero-order valence-corrected chi connectivity index (χ0v) is 10.4. The molecule has 0 fully saturated rings. The van der Waals surface area contributed by atoms with Crippen LogP contribution in [0.4, 0.5) is 0 Å². The van der Waals surface area contributed by atoms with Crippen LogP contribution in [0.1, 0.15) is 38.3 Å². The molecule has 0 aliphatic heterocycles. The summed E-state index contributed by atoms with van der Waals surface area (Å²) in [5, 5.41) is 3.57. The van der Waals surface area contributed by atoms with Crippen molar-refractivity contribution in [3.63, 3.8) is 0 Å². The fourth-order valence-electron chi connectivity index (χ4n) is 1.54. The topological polar surface area (TPSA) is 12.0 Å². The Bertz CT molecular complexity index is 276. The summed E-state index contributed by atoms with van der Waals surface area (Å²) < 4.78 is 0. The van der Waals surface area contributed by atoms with E-state index in [1.165, 1.54) is 17.5 Å². The highest BCUT2D eigenvalue weighted by atomic mass is 14.9. The molecule has 15 heavy (non-hydrogen) atoms. The van der Waals surface area contributed by atoms with Gasteiger partial charge in [-0.2, -0.15) is 0 Å². The molecule has 1 rings (SSSR count). The molecule has 0 bridgehead atoms. The Morgan fingerprint density at radius 3 is 2.27 bits per heavy atom. The van der Waals surface area contributed by atoms with E-state index in [0.717, 1.165) is 12.5 Å². The van der Waals surface area contributed by atoms with E-state index in [2.05, 4.69) is 57.3 Å². The Balaban J connectivity index is 2.40. The lowest BCUT2D eigenvalue weighted by Crippen LogP contribution is -2.31. The Hall–Kier alpha value is -0.820. The third-order valence-corrected chi connectivity index (χ3v) is 3.25. The molecule has 1 N–H and O–H groups in total. The van der Waals surface area contributed by atoms with Crippen LogP contribution in [-0.2, 0) is 6.54 Å². The van der Waals surface area contributed by atoms with Crippen LogP contribution in [0.5, 0.6) is 0 Å². The minimum atomic E-state index is 0.594. The van der Waals surface area contributed by atoms with Crippen LogP contribution in [0.25, 0.3) is 0 Å². The maximum Gasteiger partial charge on any atom is 0.0208 e. The second kappa shape index (κ2) is 5.92. The van der Waals surface area contributed by atoms with Gasteiger partial charge in [0, 0.05) is 12.6 Å². The first-order chi connectivity index (χ1) is 7.13. The van der Waals surface area contributed by atoms with Crippen LogP contribution in [0.2, 0.25) is 0 Å². The number of nitrogens with one attached hydrogen (secondary N) is 1. The summed E-state index contributed by atoms with van der Waals surface area (Å²) >= 11 is 0. The van der Waals surface area contributed by atoms with Crippen molar-refractivity contribution >= 4 is 0 Å². The molecule has 0 aliphatic carbocycles. The third-order valence-electron chi connectivity index (χ3n) is 3.25. The van der Waals surface area contributed by atoms with E-state index < -0.39 is 0 Å². The van der Waals surface area contributed by atoms with Gasteiger partial charge in [0.1, 0.15) is 0 Å². The molecule has 0 radical (unpaired) electrons. The van der Waals surface area contributed by atoms with Crippen LogP contribution in [0.3, 0.4) is 0 Å². The zero-order valence-electron chi connectivity index (χ0n) is 10.4. The lowest BCUT2D eigenvalue weighted by Gasteiger charge is -2.19. The van der Waals surface area contributed by atoms with E-state index in [4.69, 9.17) is 0 Å². The summed E-state index contributed by atoms with van der Waals surface area (Å²) in [7, 11) is 0. The monoisotopic (exact) mass is 205 g/mol. The predicted octanol–water partition coefficient (Wildman–Crippen LogP) is 3.52. The van der Waals surface area contributed by atoms with Gasteiger partial charge in [-0.1, -0.05) is 50.1 Å². The van der Waals surface area contributed by atoms with E-state index in [1.807, 2.05) is 0 Å². The second-order valence-corrected chi connectivity index (χ2v) is 4.54. The minimum Gasteiger partial charge on any atom is -0.310 e. The SMILES string of the molecule is CC[C@@H](C)[C@H](C)NCc1ccc(C)cc1. The second-order valence-electron chi connectivity index (χ2n) is 4.54. The molecule has 2 atom stereocenters. The van der Waals surface area contributed by atoms with Crippen LogP contribution in [0, 0.1) is 12.8 Å². The summed E-state index contributed by atoms with van der Waals surface area (Å²) in [6.45, 7) is 9.91. The van der Waals surface area contributed by atoms with Crippen molar-refractivity contribution in [2.24, 2.45) is 5.92 Å². The fraction of sp³-hybridized carbons (Fsp3) is 0.571. The fourth-order valence-corrected chi connectivity index (χ4v) is 1.54. The van der Waals surface area contributed by atoms with Crippen molar-refractivity contribution in [2.45, 2.75) is 46.7 Å². The lowest BCUT2D eigenvalue weighted by molar-refractivity contribution is 0.389. The first-order valence-electron chi connectivity index (χ1n) is 5.92. The summed E-state index contributed by atoms with van der Waals surface area (Å²) in [4.78, 5) is 0. The normalized spacial score (nSPS) is 14.9. The first-order valence-corrected chi connectivity index (χ1v) is 5.92.